The number of hydrogen-bond acceptors (Lipinski definition) is 5. The smallest absolute Gasteiger partial charge is 0.227 e. The van der Waals surface area contributed by atoms with E-state index in [2.05, 4.69) is 20.3 Å². The van der Waals surface area contributed by atoms with Gasteiger partial charge >= 0.3 is 0 Å². The molecule has 94 valence electrons. The van der Waals surface area contributed by atoms with Crippen LogP contribution in [-0.2, 0) is 0 Å². The first kappa shape index (κ1) is 12.3. The van der Waals surface area contributed by atoms with Crippen LogP contribution in [0.5, 0.6) is 11.6 Å². The van der Waals surface area contributed by atoms with E-state index in [1.54, 1.807) is 12.4 Å². The minimum Gasteiger partial charge on any atom is -0.437 e. The van der Waals surface area contributed by atoms with Gasteiger partial charge < -0.3 is 10.1 Å². The Hall–Kier alpha value is -2.17. The summed E-state index contributed by atoms with van der Waals surface area (Å²) < 4.78 is 5.72. The number of rotatable bonds is 4. The molecule has 0 aliphatic rings. The fraction of sp³-hybridized carbons (Fsp3) is 0.308. The quantitative estimate of drug-likeness (QED) is 0.896. The predicted molar refractivity (Wildman–Crippen MR) is 70.0 cm³/mol. The molecule has 5 heteroatoms. The van der Waals surface area contributed by atoms with E-state index in [9.17, 15) is 0 Å². The van der Waals surface area contributed by atoms with Crippen LogP contribution >= 0.6 is 0 Å². The SMILES string of the molecule is CCNc1nc(C)nc(Oc2cccnc2)c1C. The summed E-state index contributed by atoms with van der Waals surface area (Å²) in [6.07, 6.45) is 3.36. The summed E-state index contributed by atoms with van der Waals surface area (Å²) in [5, 5.41) is 3.20. The molecular weight excluding hydrogens is 228 g/mol. The summed E-state index contributed by atoms with van der Waals surface area (Å²) in [5.74, 6) is 2.71. The number of nitrogens with one attached hydrogen (secondary N) is 1. The van der Waals surface area contributed by atoms with E-state index in [-0.39, 0.29) is 0 Å². The Kier molecular flexibility index (Phi) is 3.72. The van der Waals surface area contributed by atoms with E-state index >= 15 is 0 Å². The van der Waals surface area contributed by atoms with Gasteiger partial charge in [-0.25, -0.2) is 4.98 Å². The van der Waals surface area contributed by atoms with Crippen molar-refractivity contribution >= 4 is 5.82 Å². The molecule has 0 unspecified atom stereocenters. The maximum atomic E-state index is 5.72. The summed E-state index contributed by atoms with van der Waals surface area (Å²) in [7, 11) is 0. The van der Waals surface area contributed by atoms with E-state index in [1.807, 2.05) is 32.9 Å². The van der Waals surface area contributed by atoms with Crippen LogP contribution in [0.4, 0.5) is 5.82 Å². The molecule has 2 aromatic rings. The number of nitrogens with zero attached hydrogens (tertiary/aromatic N) is 3. The van der Waals surface area contributed by atoms with Crippen LogP contribution < -0.4 is 10.1 Å². The second kappa shape index (κ2) is 5.44. The lowest BCUT2D eigenvalue weighted by atomic mass is 10.3. The van der Waals surface area contributed by atoms with Crippen LogP contribution in [0.2, 0.25) is 0 Å². The van der Waals surface area contributed by atoms with Crippen molar-refractivity contribution in [2.75, 3.05) is 11.9 Å². The zero-order valence-corrected chi connectivity index (χ0v) is 10.8. The topological polar surface area (TPSA) is 59.9 Å². The Labute approximate surface area is 106 Å². The van der Waals surface area contributed by atoms with Gasteiger partial charge in [0.15, 0.2) is 0 Å². The van der Waals surface area contributed by atoms with Crippen molar-refractivity contribution < 1.29 is 4.74 Å². The van der Waals surface area contributed by atoms with E-state index in [0.717, 1.165) is 17.9 Å². The molecule has 0 atom stereocenters. The van der Waals surface area contributed by atoms with Crippen molar-refractivity contribution in [2.45, 2.75) is 20.8 Å². The highest BCUT2D eigenvalue weighted by molar-refractivity contribution is 5.49. The van der Waals surface area contributed by atoms with Crippen molar-refractivity contribution in [3.8, 4) is 11.6 Å². The van der Waals surface area contributed by atoms with Crippen molar-refractivity contribution in [1.29, 1.82) is 0 Å². The average molecular weight is 244 g/mol. The van der Waals surface area contributed by atoms with Crippen LogP contribution in [0.1, 0.15) is 18.3 Å². The molecule has 2 heterocycles. The van der Waals surface area contributed by atoms with Gasteiger partial charge in [-0.3, -0.25) is 4.98 Å². The summed E-state index contributed by atoms with van der Waals surface area (Å²) in [4.78, 5) is 12.7. The second-order valence-electron chi connectivity index (χ2n) is 3.87. The predicted octanol–water partition coefficient (Wildman–Crippen LogP) is 2.71. The minimum atomic E-state index is 0.562. The van der Waals surface area contributed by atoms with Crippen LogP contribution in [0.15, 0.2) is 24.5 Å². The van der Waals surface area contributed by atoms with Crippen LogP contribution in [0.25, 0.3) is 0 Å². The molecule has 1 N–H and O–H groups in total. The van der Waals surface area contributed by atoms with Gasteiger partial charge in [-0.15, -0.1) is 0 Å². The van der Waals surface area contributed by atoms with E-state index in [1.165, 1.54) is 0 Å². The van der Waals surface area contributed by atoms with E-state index in [0.29, 0.717) is 17.5 Å². The number of hydrogen-bond donors (Lipinski definition) is 1. The van der Waals surface area contributed by atoms with Gasteiger partial charge in [0.1, 0.15) is 17.4 Å². The Balaban J connectivity index is 2.33. The average Bonchev–Trinajstić information content (AvgIpc) is 2.36. The first-order valence-electron chi connectivity index (χ1n) is 5.87. The van der Waals surface area contributed by atoms with E-state index < -0.39 is 0 Å². The van der Waals surface area contributed by atoms with Gasteiger partial charge in [-0.1, -0.05) is 0 Å². The molecule has 0 saturated heterocycles. The Morgan fingerprint density at radius 3 is 2.78 bits per heavy atom. The number of pyridine rings is 1. The minimum absolute atomic E-state index is 0.562. The molecule has 0 amide bonds. The third-order valence-electron chi connectivity index (χ3n) is 2.41. The molecule has 0 bridgehead atoms. The van der Waals surface area contributed by atoms with Gasteiger partial charge in [0.05, 0.1) is 11.8 Å². The van der Waals surface area contributed by atoms with Gasteiger partial charge in [0, 0.05) is 12.7 Å². The summed E-state index contributed by atoms with van der Waals surface area (Å²) in [5.41, 5.74) is 0.895. The molecule has 5 nitrogen and oxygen atoms in total. The highest BCUT2D eigenvalue weighted by Crippen LogP contribution is 2.26. The van der Waals surface area contributed by atoms with Crippen LogP contribution in [0, 0.1) is 13.8 Å². The molecule has 2 aromatic heterocycles. The highest BCUT2D eigenvalue weighted by Gasteiger charge is 2.10. The summed E-state index contributed by atoms with van der Waals surface area (Å²) >= 11 is 0. The standard InChI is InChI=1S/C13H16N4O/c1-4-15-12-9(2)13(17-10(3)16-12)18-11-6-5-7-14-8-11/h5-8H,4H2,1-3H3,(H,15,16,17). The maximum absolute atomic E-state index is 5.72. The molecule has 0 spiro atoms. The monoisotopic (exact) mass is 244 g/mol. The fourth-order valence-corrected chi connectivity index (χ4v) is 1.56. The highest BCUT2D eigenvalue weighted by atomic mass is 16.5. The molecule has 18 heavy (non-hydrogen) atoms. The number of aromatic nitrogens is 3. The summed E-state index contributed by atoms with van der Waals surface area (Å²) in [6, 6.07) is 3.67. The first-order valence-corrected chi connectivity index (χ1v) is 5.87. The Morgan fingerprint density at radius 1 is 1.28 bits per heavy atom. The first-order chi connectivity index (χ1) is 8.70. The maximum Gasteiger partial charge on any atom is 0.227 e. The zero-order valence-electron chi connectivity index (χ0n) is 10.8. The molecule has 0 fully saturated rings. The molecule has 0 aliphatic heterocycles. The lowest BCUT2D eigenvalue weighted by Gasteiger charge is -2.12. The van der Waals surface area contributed by atoms with Gasteiger partial charge in [-0.2, -0.15) is 4.98 Å². The van der Waals surface area contributed by atoms with Gasteiger partial charge in [0.2, 0.25) is 5.88 Å². The largest absolute Gasteiger partial charge is 0.437 e. The normalized spacial score (nSPS) is 10.2. The van der Waals surface area contributed by atoms with Crippen molar-refractivity contribution in [2.24, 2.45) is 0 Å². The van der Waals surface area contributed by atoms with Crippen LogP contribution in [-0.4, -0.2) is 21.5 Å². The zero-order chi connectivity index (χ0) is 13.0. The molecule has 0 radical (unpaired) electrons. The molecular formula is C13H16N4O. The van der Waals surface area contributed by atoms with Gasteiger partial charge in [-0.05, 0) is 32.9 Å². The molecule has 2 rings (SSSR count). The fourth-order valence-electron chi connectivity index (χ4n) is 1.56. The lowest BCUT2D eigenvalue weighted by molar-refractivity contribution is 0.454. The Morgan fingerprint density at radius 2 is 2.11 bits per heavy atom. The number of ether oxygens (including phenoxy) is 1. The lowest BCUT2D eigenvalue weighted by Crippen LogP contribution is -2.06. The molecule has 0 saturated carbocycles. The third-order valence-corrected chi connectivity index (χ3v) is 2.41. The molecule has 0 aromatic carbocycles. The summed E-state index contributed by atoms with van der Waals surface area (Å²) in [6.45, 7) is 6.61. The van der Waals surface area contributed by atoms with E-state index in [4.69, 9.17) is 4.74 Å². The van der Waals surface area contributed by atoms with Crippen molar-refractivity contribution in [3.63, 3.8) is 0 Å². The van der Waals surface area contributed by atoms with Crippen molar-refractivity contribution in [3.05, 3.63) is 35.9 Å². The van der Waals surface area contributed by atoms with Crippen molar-refractivity contribution in [1.82, 2.24) is 15.0 Å². The molecule has 0 aliphatic carbocycles. The second-order valence-corrected chi connectivity index (χ2v) is 3.87. The van der Waals surface area contributed by atoms with Gasteiger partial charge in [0.25, 0.3) is 0 Å². The number of anilines is 1. The number of aryl methyl sites for hydroxylation is 1. The Bertz CT molecular complexity index is 528. The van der Waals surface area contributed by atoms with Crippen LogP contribution in [0.3, 0.4) is 0 Å². The third kappa shape index (κ3) is 2.74.